The van der Waals surface area contributed by atoms with E-state index in [1.54, 1.807) is 29.1 Å². The number of hydrogen-bond acceptors (Lipinski definition) is 4. The predicted octanol–water partition coefficient (Wildman–Crippen LogP) is 4.96. The second kappa shape index (κ2) is 8.34. The van der Waals surface area contributed by atoms with Gasteiger partial charge in [-0.2, -0.15) is 5.10 Å². The van der Waals surface area contributed by atoms with Crippen LogP contribution in [0.2, 0.25) is 10.0 Å². The maximum absolute atomic E-state index is 10.8. The van der Waals surface area contributed by atoms with E-state index in [0.29, 0.717) is 28.1 Å². The lowest BCUT2D eigenvalue weighted by atomic mass is 10.2. The molecule has 2 aromatic carbocycles. The van der Waals surface area contributed by atoms with Crippen molar-refractivity contribution in [2.45, 2.75) is 6.54 Å². The summed E-state index contributed by atoms with van der Waals surface area (Å²) in [4.78, 5) is 10.4. The van der Waals surface area contributed by atoms with Crippen LogP contribution in [0.15, 0.2) is 54.7 Å². The standard InChI is InChI=1S/C17H13Cl2N5O2S/c18-14-7-2-1-4-11(14)9-23-10-15(19)16(22-23)21-17(27)20-12-5-3-6-13(8-12)24(25)26/h1-8,10H,9H2,(H2,20,21,22,27). The Balaban J connectivity index is 1.68. The third kappa shape index (κ3) is 4.94. The number of nitrogens with one attached hydrogen (secondary N) is 2. The van der Waals surface area contributed by atoms with Crippen LogP contribution in [0.1, 0.15) is 5.56 Å². The number of hydrogen-bond donors (Lipinski definition) is 2. The normalized spacial score (nSPS) is 10.4. The Hall–Kier alpha value is -2.68. The van der Waals surface area contributed by atoms with E-state index in [9.17, 15) is 10.1 Å². The second-order valence-electron chi connectivity index (χ2n) is 5.50. The molecule has 0 bridgehead atoms. The van der Waals surface area contributed by atoms with Crippen molar-refractivity contribution in [2.75, 3.05) is 10.6 Å². The van der Waals surface area contributed by atoms with Crippen molar-refractivity contribution in [2.24, 2.45) is 0 Å². The first-order valence-corrected chi connectivity index (χ1v) is 8.87. The molecule has 138 valence electrons. The molecule has 3 aromatic rings. The topological polar surface area (TPSA) is 85.0 Å². The molecule has 1 aromatic heterocycles. The summed E-state index contributed by atoms with van der Waals surface area (Å²) < 4.78 is 1.64. The molecule has 0 fully saturated rings. The quantitative estimate of drug-likeness (QED) is 0.344. The third-order valence-electron chi connectivity index (χ3n) is 3.55. The lowest BCUT2D eigenvalue weighted by Gasteiger charge is -2.09. The summed E-state index contributed by atoms with van der Waals surface area (Å²) in [7, 11) is 0. The van der Waals surface area contributed by atoms with Crippen LogP contribution in [0.4, 0.5) is 17.2 Å². The largest absolute Gasteiger partial charge is 0.332 e. The van der Waals surface area contributed by atoms with Crippen molar-refractivity contribution < 1.29 is 4.92 Å². The molecule has 0 aliphatic heterocycles. The van der Waals surface area contributed by atoms with Crippen molar-refractivity contribution in [3.63, 3.8) is 0 Å². The number of nitrogens with zero attached hydrogens (tertiary/aromatic N) is 3. The van der Waals surface area contributed by atoms with Gasteiger partial charge in [-0.05, 0) is 29.9 Å². The van der Waals surface area contributed by atoms with Gasteiger partial charge in [-0.1, -0.05) is 47.5 Å². The summed E-state index contributed by atoms with van der Waals surface area (Å²) in [6.45, 7) is 0.451. The molecule has 0 amide bonds. The van der Waals surface area contributed by atoms with Crippen LogP contribution >= 0.6 is 35.4 Å². The number of halogens is 2. The minimum absolute atomic E-state index is 0.0372. The first-order chi connectivity index (χ1) is 12.9. The van der Waals surface area contributed by atoms with Gasteiger partial charge in [0, 0.05) is 29.0 Å². The molecule has 0 saturated carbocycles. The van der Waals surface area contributed by atoms with Gasteiger partial charge in [0.1, 0.15) is 5.02 Å². The summed E-state index contributed by atoms with van der Waals surface area (Å²) in [5.41, 5.74) is 1.35. The molecule has 7 nitrogen and oxygen atoms in total. The van der Waals surface area contributed by atoms with Gasteiger partial charge in [0.05, 0.1) is 11.5 Å². The van der Waals surface area contributed by atoms with Crippen molar-refractivity contribution in [1.29, 1.82) is 0 Å². The van der Waals surface area contributed by atoms with Crippen molar-refractivity contribution in [3.8, 4) is 0 Å². The van der Waals surface area contributed by atoms with E-state index in [2.05, 4.69) is 15.7 Å². The highest BCUT2D eigenvalue weighted by Crippen LogP contribution is 2.23. The molecule has 0 aliphatic rings. The number of nitro benzene ring substituents is 1. The molecule has 1 heterocycles. The van der Waals surface area contributed by atoms with E-state index in [-0.39, 0.29) is 10.8 Å². The maximum Gasteiger partial charge on any atom is 0.271 e. The minimum atomic E-state index is -0.477. The number of anilines is 2. The first kappa shape index (κ1) is 19.1. The lowest BCUT2D eigenvalue weighted by Crippen LogP contribution is -2.19. The van der Waals surface area contributed by atoms with Gasteiger partial charge in [-0.25, -0.2) is 0 Å². The molecular weight excluding hydrogens is 409 g/mol. The van der Waals surface area contributed by atoms with Crippen LogP contribution < -0.4 is 10.6 Å². The molecule has 10 heteroatoms. The van der Waals surface area contributed by atoms with Crippen molar-refractivity contribution in [3.05, 3.63) is 80.5 Å². The highest BCUT2D eigenvalue weighted by Gasteiger charge is 2.11. The SMILES string of the molecule is O=[N+]([O-])c1cccc(NC(=S)Nc2nn(Cc3ccccc3Cl)cc2Cl)c1. The van der Waals surface area contributed by atoms with E-state index in [1.807, 2.05) is 18.2 Å². The number of benzene rings is 2. The summed E-state index contributed by atoms with van der Waals surface area (Å²) in [5, 5.41) is 22.2. The van der Waals surface area contributed by atoms with Crippen molar-refractivity contribution >= 4 is 57.7 Å². The van der Waals surface area contributed by atoms with Crippen LogP contribution in [-0.4, -0.2) is 19.8 Å². The number of non-ortho nitro benzene ring substituents is 1. The van der Waals surface area contributed by atoms with Gasteiger partial charge in [-0.15, -0.1) is 0 Å². The summed E-state index contributed by atoms with van der Waals surface area (Å²) in [5.74, 6) is 0.367. The van der Waals surface area contributed by atoms with Gasteiger partial charge in [-0.3, -0.25) is 14.8 Å². The zero-order valence-corrected chi connectivity index (χ0v) is 16.1. The zero-order valence-electron chi connectivity index (χ0n) is 13.7. The van der Waals surface area contributed by atoms with Gasteiger partial charge in [0.25, 0.3) is 5.69 Å². The Kier molecular flexibility index (Phi) is 5.90. The summed E-state index contributed by atoms with van der Waals surface area (Å²) in [6.07, 6.45) is 1.66. The Morgan fingerprint density at radius 1 is 1.15 bits per heavy atom. The van der Waals surface area contributed by atoms with Gasteiger partial charge >= 0.3 is 0 Å². The molecule has 0 atom stereocenters. The van der Waals surface area contributed by atoms with E-state index in [0.717, 1.165) is 5.56 Å². The Morgan fingerprint density at radius 2 is 1.93 bits per heavy atom. The average molecular weight is 422 g/mol. The smallest absolute Gasteiger partial charge is 0.271 e. The number of thiocarbonyl (C=S) groups is 1. The number of aromatic nitrogens is 2. The van der Waals surface area contributed by atoms with Crippen LogP contribution in [0.3, 0.4) is 0 Å². The van der Waals surface area contributed by atoms with E-state index in [1.165, 1.54) is 12.1 Å². The van der Waals surface area contributed by atoms with Gasteiger partial charge in [0.2, 0.25) is 0 Å². The fourth-order valence-corrected chi connectivity index (χ4v) is 2.94. The Labute approximate surface area is 170 Å². The monoisotopic (exact) mass is 421 g/mol. The molecule has 0 saturated heterocycles. The predicted molar refractivity (Wildman–Crippen MR) is 111 cm³/mol. The lowest BCUT2D eigenvalue weighted by molar-refractivity contribution is -0.384. The van der Waals surface area contributed by atoms with Gasteiger partial charge in [0.15, 0.2) is 10.9 Å². The molecule has 0 unspecified atom stereocenters. The van der Waals surface area contributed by atoms with E-state index in [4.69, 9.17) is 35.4 Å². The molecular formula is C17H13Cl2N5O2S. The Morgan fingerprint density at radius 3 is 2.67 bits per heavy atom. The molecule has 2 N–H and O–H groups in total. The van der Waals surface area contributed by atoms with Crippen LogP contribution in [0.25, 0.3) is 0 Å². The molecule has 3 rings (SSSR count). The number of rotatable bonds is 5. The first-order valence-electron chi connectivity index (χ1n) is 7.71. The van der Waals surface area contributed by atoms with Crippen LogP contribution in [0.5, 0.6) is 0 Å². The second-order valence-corrected chi connectivity index (χ2v) is 6.72. The fourth-order valence-electron chi connectivity index (χ4n) is 2.33. The Bertz CT molecular complexity index is 1010. The molecule has 0 aliphatic carbocycles. The highest BCUT2D eigenvalue weighted by molar-refractivity contribution is 7.80. The van der Waals surface area contributed by atoms with Crippen molar-refractivity contribution in [1.82, 2.24) is 9.78 Å². The maximum atomic E-state index is 10.8. The average Bonchev–Trinajstić information content (AvgIpc) is 2.96. The minimum Gasteiger partial charge on any atom is -0.332 e. The van der Waals surface area contributed by atoms with E-state index >= 15 is 0 Å². The summed E-state index contributed by atoms with van der Waals surface area (Å²) >= 11 is 17.6. The zero-order chi connectivity index (χ0) is 19.4. The molecule has 0 spiro atoms. The van der Waals surface area contributed by atoms with Gasteiger partial charge < -0.3 is 10.6 Å². The highest BCUT2D eigenvalue weighted by atomic mass is 35.5. The van der Waals surface area contributed by atoms with E-state index < -0.39 is 4.92 Å². The van der Waals surface area contributed by atoms with Crippen LogP contribution in [0, 0.1) is 10.1 Å². The fraction of sp³-hybridized carbons (Fsp3) is 0.0588. The van der Waals surface area contributed by atoms with Crippen LogP contribution in [-0.2, 0) is 6.54 Å². The summed E-state index contributed by atoms with van der Waals surface area (Å²) in [6, 6.07) is 13.5. The molecule has 0 radical (unpaired) electrons. The molecule has 27 heavy (non-hydrogen) atoms. The third-order valence-corrected chi connectivity index (χ3v) is 4.40. The number of nitro groups is 1.